The molecular weight excluding hydrogens is 510 g/mol. The number of nitrogens with one attached hydrogen (secondary N) is 1. The second-order valence-electron chi connectivity index (χ2n) is 14.5. The number of carbonyl (C=O) groups is 2. The maximum Gasteiger partial charge on any atom is 0.311 e. The molecule has 3 saturated carbocycles. The van der Waals surface area contributed by atoms with Gasteiger partial charge >= 0.3 is 11.9 Å². The van der Waals surface area contributed by atoms with Crippen LogP contribution in [-0.2, 0) is 25.6 Å². The first-order chi connectivity index (χ1) is 19.6. The topological polar surface area (TPSA) is 64.6 Å². The standard InChI is InChI=1S/C36H57NO4/c1-23(2)29-17-15-25(5)19-32(29)40-34(38)21-28-13-10-14-31(37-22-27-11-8-7-9-12-27)35(28)36(39)41-33-20-26(6)16-18-30(33)24(3)4/h7-9,11-12,23-26,28-33,35,37H,10,13-22H2,1-6H3/t25-,26-,28+,29+,30+,31+,32-,33-,35+/m1/s1. The summed E-state index contributed by atoms with van der Waals surface area (Å²) >= 11 is 0. The van der Waals surface area contributed by atoms with Crippen LogP contribution in [0.15, 0.2) is 30.3 Å². The Bertz CT molecular complexity index is 962. The van der Waals surface area contributed by atoms with Crippen LogP contribution in [0.3, 0.4) is 0 Å². The quantitative estimate of drug-likeness (QED) is 0.291. The maximum absolute atomic E-state index is 14.1. The number of hydrogen-bond donors (Lipinski definition) is 1. The fourth-order valence-electron chi connectivity index (χ4n) is 8.11. The van der Waals surface area contributed by atoms with Gasteiger partial charge in [-0.3, -0.25) is 9.59 Å². The van der Waals surface area contributed by atoms with Gasteiger partial charge in [-0.1, -0.05) is 91.1 Å². The monoisotopic (exact) mass is 567 g/mol. The maximum atomic E-state index is 14.1. The van der Waals surface area contributed by atoms with Gasteiger partial charge in [0.25, 0.3) is 0 Å². The number of esters is 2. The minimum absolute atomic E-state index is 0.00844. The van der Waals surface area contributed by atoms with Gasteiger partial charge in [-0.05, 0) is 85.5 Å². The third-order valence-electron chi connectivity index (χ3n) is 10.6. The molecule has 1 aromatic carbocycles. The van der Waals surface area contributed by atoms with Gasteiger partial charge in [0, 0.05) is 19.0 Å². The van der Waals surface area contributed by atoms with Crippen molar-refractivity contribution >= 4 is 11.9 Å². The van der Waals surface area contributed by atoms with Crippen molar-refractivity contribution in [2.24, 2.45) is 47.3 Å². The van der Waals surface area contributed by atoms with Crippen LogP contribution in [-0.4, -0.2) is 30.2 Å². The van der Waals surface area contributed by atoms with Gasteiger partial charge in [-0.2, -0.15) is 0 Å². The van der Waals surface area contributed by atoms with Gasteiger partial charge < -0.3 is 14.8 Å². The molecule has 0 spiro atoms. The molecule has 0 aromatic heterocycles. The molecule has 0 radical (unpaired) electrons. The minimum Gasteiger partial charge on any atom is -0.462 e. The molecule has 1 N–H and O–H groups in total. The molecule has 41 heavy (non-hydrogen) atoms. The molecule has 5 nitrogen and oxygen atoms in total. The van der Waals surface area contributed by atoms with Crippen molar-refractivity contribution in [3.8, 4) is 0 Å². The number of benzene rings is 1. The lowest BCUT2D eigenvalue weighted by atomic mass is 9.73. The van der Waals surface area contributed by atoms with Gasteiger partial charge in [-0.15, -0.1) is 0 Å². The molecule has 3 fully saturated rings. The Labute approximate surface area is 249 Å². The van der Waals surface area contributed by atoms with Crippen molar-refractivity contribution < 1.29 is 19.1 Å². The summed E-state index contributed by atoms with van der Waals surface area (Å²) < 4.78 is 12.7. The molecule has 0 bridgehead atoms. The summed E-state index contributed by atoms with van der Waals surface area (Å²) in [6.45, 7) is 14.2. The lowest BCUT2D eigenvalue weighted by molar-refractivity contribution is -0.167. The SMILES string of the molecule is CC(C)[C@@H]1CC[C@@H](C)C[C@H]1OC(=O)C[C@@H]1CCC[C@H](NCc2ccccc2)[C@H]1C(=O)O[C@@H]1C[C@H](C)CC[C@H]1C(C)C. The molecule has 1 aromatic rings. The van der Waals surface area contributed by atoms with Gasteiger partial charge in [0.15, 0.2) is 0 Å². The Kier molecular flexibility index (Phi) is 11.7. The van der Waals surface area contributed by atoms with Gasteiger partial charge in [0.1, 0.15) is 12.2 Å². The molecule has 9 atom stereocenters. The summed E-state index contributed by atoms with van der Waals surface area (Å²) in [6, 6.07) is 10.4. The van der Waals surface area contributed by atoms with Crippen molar-refractivity contribution in [3.63, 3.8) is 0 Å². The van der Waals surface area contributed by atoms with Crippen LogP contribution in [0.1, 0.15) is 111 Å². The number of ether oxygens (including phenoxy) is 2. The van der Waals surface area contributed by atoms with E-state index in [4.69, 9.17) is 9.47 Å². The van der Waals surface area contributed by atoms with Crippen molar-refractivity contribution in [1.82, 2.24) is 5.32 Å². The lowest BCUT2D eigenvalue weighted by Crippen LogP contribution is -2.49. The smallest absolute Gasteiger partial charge is 0.311 e. The normalized spacial score (nSPS) is 34.4. The molecule has 5 heteroatoms. The summed E-state index contributed by atoms with van der Waals surface area (Å²) in [6.07, 6.45) is 9.56. The predicted octanol–water partition coefficient (Wildman–Crippen LogP) is 7.96. The average molecular weight is 568 g/mol. The molecule has 0 amide bonds. The Morgan fingerprint density at radius 2 is 1.39 bits per heavy atom. The second-order valence-corrected chi connectivity index (χ2v) is 14.5. The predicted molar refractivity (Wildman–Crippen MR) is 165 cm³/mol. The zero-order valence-electron chi connectivity index (χ0n) is 26.6. The van der Waals surface area contributed by atoms with Crippen LogP contribution in [0.25, 0.3) is 0 Å². The molecule has 3 aliphatic carbocycles. The highest BCUT2D eigenvalue weighted by molar-refractivity contribution is 5.76. The highest BCUT2D eigenvalue weighted by Crippen LogP contribution is 2.40. The zero-order valence-corrected chi connectivity index (χ0v) is 26.6. The number of carbonyl (C=O) groups excluding carboxylic acids is 2. The van der Waals surface area contributed by atoms with E-state index in [0.717, 1.165) is 44.9 Å². The fourth-order valence-corrected chi connectivity index (χ4v) is 8.11. The highest BCUT2D eigenvalue weighted by Gasteiger charge is 2.43. The molecule has 4 rings (SSSR count). The molecule has 0 aliphatic heterocycles. The van der Waals surface area contributed by atoms with E-state index in [1.54, 1.807) is 0 Å². The Morgan fingerprint density at radius 1 is 0.805 bits per heavy atom. The van der Waals surface area contributed by atoms with E-state index in [1.807, 2.05) is 6.07 Å². The highest BCUT2D eigenvalue weighted by atomic mass is 16.5. The third-order valence-corrected chi connectivity index (χ3v) is 10.6. The first-order valence-corrected chi connectivity index (χ1v) is 16.8. The summed E-state index contributed by atoms with van der Waals surface area (Å²) in [5.41, 5.74) is 1.20. The van der Waals surface area contributed by atoms with Crippen LogP contribution >= 0.6 is 0 Å². The third kappa shape index (κ3) is 8.81. The van der Waals surface area contributed by atoms with Crippen molar-refractivity contribution in [2.45, 2.75) is 131 Å². The van der Waals surface area contributed by atoms with Gasteiger partial charge in [-0.25, -0.2) is 0 Å². The summed E-state index contributed by atoms with van der Waals surface area (Å²) in [5, 5.41) is 3.71. The van der Waals surface area contributed by atoms with E-state index in [-0.39, 0.29) is 42.0 Å². The van der Waals surface area contributed by atoms with Gasteiger partial charge in [0.2, 0.25) is 0 Å². The van der Waals surface area contributed by atoms with E-state index in [0.29, 0.717) is 48.5 Å². The van der Waals surface area contributed by atoms with Crippen molar-refractivity contribution in [1.29, 1.82) is 0 Å². The number of hydrogen-bond acceptors (Lipinski definition) is 5. The second kappa shape index (κ2) is 15.0. The van der Waals surface area contributed by atoms with E-state index < -0.39 is 0 Å². The average Bonchev–Trinajstić information content (AvgIpc) is 2.92. The first kappa shape index (κ1) is 32.0. The molecule has 230 valence electrons. The molecule has 0 unspecified atom stereocenters. The van der Waals surface area contributed by atoms with Crippen molar-refractivity contribution in [2.75, 3.05) is 0 Å². The Hall–Kier alpha value is -1.88. The van der Waals surface area contributed by atoms with E-state index in [1.165, 1.54) is 18.4 Å². The van der Waals surface area contributed by atoms with E-state index >= 15 is 0 Å². The number of rotatable bonds is 10. The molecule has 0 heterocycles. The van der Waals surface area contributed by atoms with Crippen LogP contribution in [0.5, 0.6) is 0 Å². The summed E-state index contributed by atoms with van der Waals surface area (Å²) in [4.78, 5) is 27.6. The van der Waals surface area contributed by atoms with E-state index in [9.17, 15) is 9.59 Å². The molecule has 0 saturated heterocycles. The zero-order chi connectivity index (χ0) is 29.5. The van der Waals surface area contributed by atoms with Gasteiger partial charge in [0.05, 0.1) is 5.92 Å². The summed E-state index contributed by atoms with van der Waals surface area (Å²) in [7, 11) is 0. The minimum atomic E-state index is -0.337. The molecular formula is C36H57NO4. The Morgan fingerprint density at radius 3 is 1.98 bits per heavy atom. The largest absolute Gasteiger partial charge is 0.462 e. The Balaban J connectivity index is 1.49. The van der Waals surface area contributed by atoms with Crippen LogP contribution in [0.4, 0.5) is 0 Å². The van der Waals surface area contributed by atoms with Crippen molar-refractivity contribution in [3.05, 3.63) is 35.9 Å². The first-order valence-electron chi connectivity index (χ1n) is 16.8. The summed E-state index contributed by atoms with van der Waals surface area (Å²) in [5.74, 6) is 2.31. The molecule has 3 aliphatic rings. The van der Waals surface area contributed by atoms with Crippen LogP contribution in [0, 0.1) is 47.3 Å². The fraction of sp³-hybridized carbons (Fsp3) is 0.778. The lowest BCUT2D eigenvalue weighted by Gasteiger charge is -2.41. The van der Waals surface area contributed by atoms with Crippen LogP contribution < -0.4 is 5.32 Å². The van der Waals surface area contributed by atoms with Crippen LogP contribution in [0.2, 0.25) is 0 Å². The van der Waals surface area contributed by atoms with E-state index in [2.05, 4.69) is 71.1 Å².